The molecule has 0 saturated carbocycles. The maximum absolute atomic E-state index is 14.6. The first-order valence-electron chi connectivity index (χ1n) is 26.1. The number of hydrogen-bond donors (Lipinski definition) is 4. The van der Waals surface area contributed by atoms with Gasteiger partial charge >= 0.3 is 0 Å². The number of amides is 3. The van der Waals surface area contributed by atoms with Crippen molar-refractivity contribution in [3.63, 3.8) is 0 Å². The molecule has 412 valence electrons. The van der Waals surface area contributed by atoms with Gasteiger partial charge in [0.15, 0.2) is 15.7 Å². The molecule has 21 nitrogen and oxygen atoms in total. The van der Waals surface area contributed by atoms with E-state index in [1.54, 1.807) is 67.4 Å². The molecule has 3 saturated heterocycles. The Bertz CT molecular complexity index is 3330. The number of benzene rings is 2. The van der Waals surface area contributed by atoms with Gasteiger partial charge in [0.1, 0.15) is 50.8 Å². The molecule has 3 aliphatic heterocycles. The Labute approximate surface area is 456 Å². The third-order valence-electron chi connectivity index (χ3n) is 14.9. The summed E-state index contributed by atoms with van der Waals surface area (Å²) in [4.78, 5) is 84.8. The van der Waals surface area contributed by atoms with Gasteiger partial charge in [-0.15, -0.1) is 11.3 Å². The molecule has 0 spiro atoms. The number of H-pyrrole nitrogens is 1. The van der Waals surface area contributed by atoms with Gasteiger partial charge in [-0.2, -0.15) is 5.10 Å². The molecule has 2 aromatic carbocycles. The van der Waals surface area contributed by atoms with Crippen LogP contribution in [0.1, 0.15) is 102 Å². The van der Waals surface area contributed by atoms with Crippen LogP contribution in [0.3, 0.4) is 0 Å². The van der Waals surface area contributed by atoms with Gasteiger partial charge in [0, 0.05) is 93.1 Å². The number of thiazole rings is 1. The summed E-state index contributed by atoms with van der Waals surface area (Å²) in [5.41, 5.74) is 8.92. The van der Waals surface area contributed by atoms with Crippen LogP contribution in [-0.2, 0) is 19.4 Å². The van der Waals surface area contributed by atoms with Crippen molar-refractivity contribution in [1.82, 2.24) is 55.1 Å². The zero-order valence-electron chi connectivity index (χ0n) is 44.6. The van der Waals surface area contributed by atoms with Crippen molar-refractivity contribution in [3.05, 3.63) is 111 Å². The standard InChI is InChI=1S/C54H65FN14O7S2/c1-32-33(2)64-65-49(32)63-50-38-26-45(78(74,75)54(3,4)5)44(27-39(38)60-31-61-50)76-24-8-16-66-20-22-67(23-21-66)46-29-58-41(28-59-46)53(73)68-18-14-34(15-19-68)37(25-40(57-6)48(56)71)52(72)69-17-7-9-43(69)51-62-42(30-77-51)47(70)35-10-12-36(55)13-11-35/h10-13,25-31,34,37,43,57H,7-9,14-24H2,1-6H3,(H2,56,71)(H2,60,61,63,64,65)/t37-,43+/m1/s1. The average molecular weight is 1110 g/mol. The number of nitrogens with two attached hydrogens (primary N) is 1. The molecule has 9 rings (SSSR count). The van der Waals surface area contributed by atoms with Crippen molar-refractivity contribution >= 4 is 73.0 Å². The zero-order chi connectivity index (χ0) is 55.5. The van der Waals surface area contributed by atoms with Crippen LogP contribution in [0, 0.1) is 31.5 Å². The Hall–Kier alpha value is -7.44. The zero-order valence-corrected chi connectivity index (χ0v) is 46.2. The fourth-order valence-electron chi connectivity index (χ4n) is 10.1. The second-order valence-electron chi connectivity index (χ2n) is 20.8. The molecule has 3 aliphatic rings. The van der Waals surface area contributed by atoms with Gasteiger partial charge in [0.05, 0.1) is 46.9 Å². The molecule has 6 aromatic rings. The number of primary amides is 1. The summed E-state index contributed by atoms with van der Waals surface area (Å²) in [6, 6.07) is 8.16. The number of likely N-dealkylation sites (tertiary alicyclic amines) is 2. The summed E-state index contributed by atoms with van der Waals surface area (Å²) in [5.74, 6) is -0.980. The monoisotopic (exact) mass is 1100 g/mol. The molecule has 0 bridgehead atoms. The van der Waals surface area contributed by atoms with E-state index in [4.69, 9.17) is 10.5 Å². The van der Waals surface area contributed by atoms with Crippen molar-refractivity contribution < 1.29 is 36.7 Å². The number of carbonyl (C=O) groups is 4. The number of likely N-dealkylation sites (N-methyl/N-ethyl adjacent to an activating group) is 1. The summed E-state index contributed by atoms with van der Waals surface area (Å²) in [7, 11) is -2.27. The van der Waals surface area contributed by atoms with Crippen LogP contribution in [0.5, 0.6) is 5.75 Å². The molecule has 78 heavy (non-hydrogen) atoms. The molecule has 0 unspecified atom stereocenters. The van der Waals surface area contributed by atoms with Gasteiger partial charge in [-0.25, -0.2) is 37.7 Å². The molecule has 3 amide bonds. The lowest BCUT2D eigenvalue weighted by atomic mass is 9.82. The van der Waals surface area contributed by atoms with Gasteiger partial charge in [0.25, 0.3) is 11.8 Å². The van der Waals surface area contributed by atoms with Crippen molar-refractivity contribution in [2.45, 2.75) is 82.4 Å². The number of anilines is 3. The number of hydrogen-bond acceptors (Lipinski definition) is 18. The summed E-state index contributed by atoms with van der Waals surface area (Å²) >= 11 is 1.30. The van der Waals surface area contributed by atoms with E-state index >= 15 is 0 Å². The Kier molecular flexibility index (Phi) is 16.5. The van der Waals surface area contributed by atoms with Crippen LogP contribution in [0.25, 0.3) is 10.9 Å². The lowest BCUT2D eigenvalue weighted by Crippen LogP contribution is -2.47. The predicted molar refractivity (Wildman–Crippen MR) is 293 cm³/mol. The van der Waals surface area contributed by atoms with E-state index < -0.39 is 32.2 Å². The number of piperazine rings is 1. The number of ether oxygens (including phenoxy) is 1. The lowest BCUT2D eigenvalue weighted by Gasteiger charge is -2.37. The van der Waals surface area contributed by atoms with Crippen LogP contribution < -0.4 is 26.0 Å². The van der Waals surface area contributed by atoms with E-state index in [0.717, 1.165) is 37.3 Å². The Balaban J connectivity index is 0.775. The maximum atomic E-state index is 14.6. The highest BCUT2D eigenvalue weighted by Crippen LogP contribution is 2.40. The molecule has 3 fully saturated rings. The van der Waals surface area contributed by atoms with E-state index in [9.17, 15) is 32.0 Å². The number of nitrogens with one attached hydrogen (secondary N) is 3. The van der Waals surface area contributed by atoms with Crippen LogP contribution in [0.15, 0.2) is 77.2 Å². The first-order valence-corrected chi connectivity index (χ1v) is 28.5. The Morgan fingerprint density at radius 2 is 1.68 bits per heavy atom. The average Bonchev–Trinajstić information content (AvgIpc) is 4.25. The molecule has 4 aromatic heterocycles. The minimum atomic E-state index is -3.85. The number of nitrogens with zero attached hydrogens (tertiary/aromatic N) is 10. The predicted octanol–water partition coefficient (Wildman–Crippen LogP) is 5.91. The maximum Gasteiger partial charge on any atom is 0.274 e. The van der Waals surface area contributed by atoms with E-state index in [-0.39, 0.29) is 63.9 Å². The second kappa shape index (κ2) is 23.3. The second-order valence-corrected chi connectivity index (χ2v) is 24.4. The normalized spacial score (nSPS) is 17.3. The highest BCUT2D eigenvalue weighted by atomic mass is 32.2. The number of fused-ring (bicyclic) bond motifs is 1. The first-order chi connectivity index (χ1) is 37.3. The first kappa shape index (κ1) is 55.3. The third kappa shape index (κ3) is 11.8. The number of ketones is 1. The fraction of sp³-hybridized carbons (Fsp3) is 0.444. The van der Waals surface area contributed by atoms with Crippen LogP contribution >= 0.6 is 11.3 Å². The van der Waals surface area contributed by atoms with Crippen LogP contribution in [0.2, 0.25) is 0 Å². The molecule has 0 aliphatic carbocycles. The Morgan fingerprint density at radius 1 is 0.936 bits per heavy atom. The van der Waals surface area contributed by atoms with E-state index in [1.165, 1.54) is 48.1 Å². The molecule has 2 atom stereocenters. The van der Waals surface area contributed by atoms with E-state index in [2.05, 4.69) is 55.6 Å². The van der Waals surface area contributed by atoms with Gasteiger partial charge in [-0.05, 0) is 109 Å². The minimum absolute atomic E-state index is 0.0673. The molecular weight excluding hydrogens is 1040 g/mol. The van der Waals surface area contributed by atoms with Gasteiger partial charge < -0.3 is 35.8 Å². The summed E-state index contributed by atoms with van der Waals surface area (Å²) in [6.07, 6.45) is 9.12. The fourth-order valence-corrected chi connectivity index (χ4v) is 12.3. The lowest BCUT2D eigenvalue weighted by molar-refractivity contribution is -0.137. The summed E-state index contributed by atoms with van der Waals surface area (Å²) < 4.78 is 46.6. The van der Waals surface area contributed by atoms with Crippen molar-refractivity contribution in [2.75, 3.05) is 76.2 Å². The number of rotatable bonds is 18. The van der Waals surface area contributed by atoms with Gasteiger partial charge in [-0.1, -0.05) is 0 Å². The SMILES string of the molecule is CNC(=C[C@@H](C(=O)N1CCC[C@H]1c1nc(C(=O)c2ccc(F)cc2)cs1)C1CCN(C(=O)c2cnc(N3CCN(CCCOc4cc5ncnc(Nc6n[nH]c(C)c6C)c5cc4S(=O)(=O)C(C)(C)C)CC3)cn2)CC1)C(N)=O. The minimum Gasteiger partial charge on any atom is -0.492 e. The van der Waals surface area contributed by atoms with Crippen molar-refractivity contribution in [3.8, 4) is 5.75 Å². The molecule has 5 N–H and O–H groups in total. The topological polar surface area (TPSA) is 268 Å². The van der Waals surface area contributed by atoms with Crippen LogP contribution in [-0.4, -0.2) is 152 Å². The molecular formula is C54H65FN14O7S2. The summed E-state index contributed by atoms with van der Waals surface area (Å²) in [6.45, 7) is 13.9. The number of aromatic amines is 1. The third-order valence-corrected chi connectivity index (χ3v) is 18.4. The molecule has 0 radical (unpaired) electrons. The highest BCUT2D eigenvalue weighted by Gasteiger charge is 2.40. The highest BCUT2D eigenvalue weighted by molar-refractivity contribution is 7.92. The smallest absolute Gasteiger partial charge is 0.274 e. The van der Waals surface area contributed by atoms with E-state index in [1.807, 2.05) is 13.8 Å². The van der Waals surface area contributed by atoms with Crippen LogP contribution in [0.4, 0.5) is 21.8 Å². The quantitative estimate of drug-likeness (QED) is 0.0442. The van der Waals surface area contributed by atoms with Gasteiger partial charge in [0.2, 0.25) is 11.7 Å². The largest absolute Gasteiger partial charge is 0.492 e. The van der Waals surface area contributed by atoms with Crippen molar-refractivity contribution in [1.29, 1.82) is 0 Å². The number of sulfone groups is 1. The van der Waals surface area contributed by atoms with Crippen molar-refractivity contribution in [2.24, 2.45) is 17.6 Å². The number of piperidine rings is 1. The number of carbonyl (C=O) groups excluding carboxylic acids is 4. The number of aromatic nitrogens is 7. The number of halogens is 1. The molecule has 24 heteroatoms. The Morgan fingerprint density at radius 3 is 2.33 bits per heavy atom. The molecule has 7 heterocycles. The van der Waals surface area contributed by atoms with Gasteiger partial charge in [-0.3, -0.25) is 29.2 Å². The van der Waals surface area contributed by atoms with E-state index in [0.29, 0.717) is 97.3 Å². The summed E-state index contributed by atoms with van der Waals surface area (Å²) in [5, 5.41) is 16.1. The number of aryl methyl sites for hydroxylation is 1.